The fourth-order valence-corrected chi connectivity index (χ4v) is 1.98. The van der Waals surface area contributed by atoms with Crippen LogP contribution in [0.15, 0.2) is 28.7 Å². The molecule has 2 unspecified atom stereocenters. The van der Waals surface area contributed by atoms with E-state index in [4.69, 9.17) is 0 Å². The number of rotatable bonds is 1. The lowest BCUT2D eigenvalue weighted by molar-refractivity contribution is 1.56. The molecule has 0 fully saturated rings. The van der Waals surface area contributed by atoms with Gasteiger partial charge in [-0.2, -0.15) is 0 Å². The maximum Gasteiger partial charge on any atom is 0.0567 e. The summed E-state index contributed by atoms with van der Waals surface area (Å²) >= 11 is 3.43. The molecule has 0 aliphatic carbocycles. The molecule has 0 radical (unpaired) electrons. The van der Waals surface area contributed by atoms with E-state index in [0.717, 1.165) is 10.2 Å². The molecular weight excluding hydrogens is 228 g/mol. The molecule has 54 valence electrons. The van der Waals surface area contributed by atoms with E-state index in [9.17, 15) is 0 Å². The molecule has 0 N–H and O–H groups in total. The van der Waals surface area contributed by atoms with E-state index in [-0.39, 0.29) is 0 Å². The van der Waals surface area contributed by atoms with Crippen LogP contribution in [-0.2, 0) is 0 Å². The highest BCUT2D eigenvalue weighted by molar-refractivity contribution is 9.10. The van der Waals surface area contributed by atoms with Crippen LogP contribution in [0.25, 0.3) is 0 Å². The molecule has 0 saturated carbocycles. The van der Waals surface area contributed by atoms with Gasteiger partial charge in [-0.05, 0) is 46.8 Å². The third-order valence-corrected chi connectivity index (χ3v) is 2.36. The van der Waals surface area contributed by atoms with Gasteiger partial charge in [0, 0.05) is 4.47 Å². The monoisotopic (exact) mass is 235 g/mol. The number of benzene rings is 1. The van der Waals surface area contributed by atoms with Crippen LogP contribution >= 0.6 is 34.7 Å². The van der Waals surface area contributed by atoms with E-state index in [1.807, 2.05) is 28.7 Å². The zero-order chi connectivity index (χ0) is 7.56. The molecule has 1 nitrogen and oxygen atoms in total. The summed E-state index contributed by atoms with van der Waals surface area (Å²) in [5, 5.41) is 0. The molecule has 0 aromatic heterocycles. The molecular formula is C6H8BrNP2. The van der Waals surface area contributed by atoms with Crippen molar-refractivity contribution in [3.05, 3.63) is 28.7 Å². The molecule has 1 aromatic carbocycles. The second kappa shape index (κ2) is 3.67. The molecule has 0 bridgehead atoms. The van der Waals surface area contributed by atoms with Crippen LogP contribution in [0.1, 0.15) is 0 Å². The van der Waals surface area contributed by atoms with Crippen molar-refractivity contribution in [3.63, 3.8) is 0 Å². The maximum atomic E-state index is 3.43. The van der Waals surface area contributed by atoms with Crippen LogP contribution in [0.2, 0.25) is 0 Å². The molecule has 1 rings (SSSR count). The van der Waals surface area contributed by atoms with Crippen molar-refractivity contribution in [2.75, 3.05) is 4.44 Å². The second-order valence-corrected chi connectivity index (χ2v) is 4.42. The first-order valence-electron chi connectivity index (χ1n) is 2.76. The van der Waals surface area contributed by atoms with Gasteiger partial charge in [0.05, 0.1) is 5.69 Å². The first-order chi connectivity index (χ1) is 4.72. The quantitative estimate of drug-likeness (QED) is 0.677. The van der Waals surface area contributed by atoms with Crippen LogP contribution in [-0.4, -0.2) is 0 Å². The lowest BCUT2D eigenvalue weighted by Gasteiger charge is -2.12. The Labute approximate surface area is 73.8 Å². The molecule has 0 spiro atoms. The highest BCUT2D eigenvalue weighted by Gasteiger charge is 1.97. The van der Waals surface area contributed by atoms with Gasteiger partial charge in [0.2, 0.25) is 0 Å². The van der Waals surface area contributed by atoms with E-state index in [1.54, 1.807) is 0 Å². The Kier molecular flexibility index (Phi) is 3.10. The Morgan fingerprint density at radius 1 is 1.20 bits per heavy atom. The van der Waals surface area contributed by atoms with Crippen molar-refractivity contribution in [2.45, 2.75) is 0 Å². The van der Waals surface area contributed by atoms with E-state index in [0.29, 0.717) is 0 Å². The SMILES string of the molecule is PN(P)c1ccccc1Br. The summed E-state index contributed by atoms with van der Waals surface area (Å²) in [6.45, 7) is 0. The lowest BCUT2D eigenvalue weighted by atomic mass is 10.3. The number of para-hydroxylation sites is 1. The van der Waals surface area contributed by atoms with Crippen molar-refractivity contribution in [3.8, 4) is 0 Å². The van der Waals surface area contributed by atoms with Crippen molar-refractivity contribution >= 4 is 40.4 Å². The second-order valence-electron chi connectivity index (χ2n) is 1.86. The van der Waals surface area contributed by atoms with Crippen molar-refractivity contribution < 1.29 is 0 Å². The summed E-state index contributed by atoms with van der Waals surface area (Å²) in [6, 6.07) is 8.04. The minimum absolute atomic E-state index is 1.10. The molecule has 0 aliphatic rings. The topological polar surface area (TPSA) is 3.24 Å². The highest BCUT2D eigenvalue weighted by Crippen LogP contribution is 2.30. The zero-order valence-corrected chi connectivity index (χ0v) is 9.18. The van der Waals surface area contributed by atoms with Gasteiger partial charge in [-0.15, -0.1) is 0 Å². The highest BCUT2D eigenvalue weighted by atomic mass is 79.9. The molecule has 4 heteroatoms. The predicted molar refractivity (Wildman–Crippen MR) is 56.0 cm³/mol. The van der Waals surface area contributed by atoms with Crippen LogP contribution in [0.3, 0.4) is 0 Å². The Balaban J connectivity index is 3.03. The molecule has 10 heavy (non-hydrogen) atoms. The molecule has 0 amide bonds. The van der Waals surface area contributed by atoms with E-state index >= 15 is 0 Å². The van der Waals surface area contributed by atoms with Crippen LogP contribution in [0.5, 0.6) is 0 Å². The Bertz CT molecular complexity index is 227. The predicted octanol–water partition coefficient (Wildman–Crippen LogP) is 2.84. The third kappa shape index (κ3) is 1.92. The summed E-state index contributed by atoms with van der Waals surface area (Å²) in [6.07, 6.45) is 0. The Morgan fingerprint density at radius 3 is 2.20 bits per heavy atom. The Morgan fingerprint density at radius 2 is 1.80 bits per heavy atom. The Hall–Kier alpha value is 0.360. The minimum Gasteiger partial charge on any atom is -0.340 e. The van der Waals surface area contributed by atoms with E-state index in [1.165, 1.54) is 0 Å². The largest absolute Gasteiger partial charge is 0.340 e. The van der Waals surface area contributed by atoms with Gasteiger partial charge in [0.15, 0.2) is 0 Å². The third-order valence-electron chi connectivity index (χ3n) is 1.13. The first kappa shape index (κ1) is 8.46. The van der Waals surface area contributed by atoms with Gasteiger partial charge in [-0.3, -0.25) is 0 Å². The van der Waals surface area contributed by atoms with Gasteiger partial charge in [-0.25, -0.2) is 0 Å². The molecule has 0 aliphatic heterocycles. The first-order valence-corrected chi connectivity index (χ1v) is 4.58. The number of hydrogen-bond donors (Lipinski definition) is 0. The van der Waals surface area contributed by atoms with Gasteiger partial charge >= 0.3 is 0 Å². The fourth-order valence-electron chi connectivity index (χ4n) is 0.661. The van der Waals surface area contributed by atoms with Crippen LogP contribution in [0.4, 0.5) is 5.69 Å². The zero-order valence-electron chi connectivity index (χ0n) is 5.29. The summed E-state index contributed by atoms with van der Waals surface area (Å²) in [4.78, 5) is 0. The summed E-state index contributed by atoms with van der Waals surface area (Å²) < 4.78 is 3.00. The summed E-state index contributed by atoms with van der Waals surface area (Å²) in [7, 11) is 5.14. The van der Waals surface area contributed by atoms with Gasteiger partial charge in [-0.1, -0.05) is 12.1 Å². The van der Waals surface area contributed by atoms with Crippen molar-refractivity contribution in [1.29, 1.82) is 0 Å². The molecule has 0 saturated heterocycles. The normalized spacial score (nSPS) is 9.50. The smallest absolute Gasteiger partial charge is 0.0567 e. The van der Waals surface area contributed by atoms with Gasteiger partial charge in [0.1, 0.15) is 0 Å². The van der Waals surface area contributed by atoms with Crippen molar-refractivity contribution in [1.82, 2.24) is 0 Å². The lowest BCUT2D eigenvalue weighted by Crippen LogP contribution is -1.89. The molecule has 1 aromatic rings. The number of halogens is 1. The summed E-state index contributed by atoms with van der Waals surface area (Å²) in [5.41, 5.74) is 1.14. The average Bonchev–Trinajstić information content (AvgIpc) is 1.88. The van der Waals surface area contributed by atoms with Crippen LogP contribution < -0.4 is 4.44 Å². The summed E-state index contributed by atoms with van der Waals surface area (Å²) in [5.74, 6) is 0. The van der Waals surface area contributed by atoms with Crippen molar-refractivity contribution in [2.24, 2.45) is 0 Å². The van der Waals surface area contributed by atoms with E-state index < -0.39 is 0 Å². The van der Waals surface area contributed by atoms with Gasteiger partial charge < -0.3 is 4.44 Å². The fraction of sp³-hybridized carbons (Fsp3) is 0. The molecule has 0 heterocycles. The number of hydrogen-bond acceptors (Lipinski definition) is 1. The number of nitrogens with zero attached hydrogens (tertiary/aromatic N) is 1. The average molecular weight is 236 g/mol. The maximum absolute atomic E-state index is 3.43. The minimum atomic E-state index is 1.10. The van der Waals surface area contributed by atoms with Crippen LogP contribution in [0, 0.1) is 0 Å². The molecule has 2 atom stereocenters. The van der Waals surface area contributed by atoms with E-state index in [2.05, 4.69) is 34.7 Å². The van der Waals surface area contributed by atoms with Gasteiger partial charge in [0.25, 0.3) is 0 Å². The standard InChI is InChI=1S/C6H8BrNP2/c7-5-3-1-2-4-6(5)8(9)10/h1-4H,9-10H2. The number of anilines is 1.